The number of nitrogen functional groups attached to an aromatic ring is 1. The van der Waals surface area contributed by atoms with Gasteiger partial charge in [-0.2, -0.15) is 10.1 Å². The molecular formula is C47H69N13O8. The monoisotopic (exact) mass is 944 g/mol. The summed E-state index contributed by atoms with van der Waals surface area (Å²) >= 11 is 0. The quantitative estimate of drug-likeness (QED) is 0.0225. The number of nitrogens with two attached hydrogens (primary N) is 4. The molecule has 1 saturated carbocycles. The summed E-state index contributed by atoms with van der Waals surface area (Å²) in [6, 6.07) is 10.2. The van der Waals surface area contributed by atoms with Gasteiger partial charge < -0.3 is 63.7 Å². The number of esters is 1. The van der Waals surface area contributed by atoms with Gasteiger partial charge in [-0.3, -0.25) is 23.9 Å². The third kappa shape index (κ3) is 15.8. The number of ether oxygens (including phenoxy) is 3. The van der Waals surface area contributed by atoms with Crippen LogP contribution in [0, 0.1) is 17.8 Å². The van der Waals surface area contributed by atoms with Gasteiger partial charge >= 0.3 is 12.0 Å². The number of aromatic nitrogens is 4. The Morgan fingerprint density at radius 2 is 1.71 bits per heavy atom. The van der Waals surface area contributed by atoms with E-state index in [1.807, 2.05) is 18.2 Å². The van der Waals surface area contributed by atoms with Gasteiger partial charge in [0, 0.05) is 30.8 Å². The number of hydrogen-bond acceptors (Lipinski definition) is 15. The Balaban J connectivity index is 1.19. The fourth-order valence-corrected chi connectivity index (χ4v) is 7.83. The summed E-state index contributed by atoms with van der Waals surface area (Å²) in [6.45, 7) is 7.00. The van der Waals surface area contributed by atoms with Crippen LogP contribution < -0.4 is 54.3 Å². The number of anilines is 3. The molecular weight excluding hydrogens is 875 g/mol. The summed E-state index contributed by atoms with van der Waals surface area (Å²) in [5.41, 5.74) is 27.0. The molecule has 21 nitrogen and oxygen atoms in total. The number of urea groups is 1. The summed E-state index contributed by atoms with van der Waals surface area (Å²) < 4.78 is 18.8. The molecule has 0 spiro atoms. The first-order chi connectivity index (χ1) is 32.7. The zero-order valence-electron chi connectivity index (χ0n) is 39.6. The zero-order chi connectivity index (χ0) is 49.2. The zero-order valence-corrected chi connectivity index (χ0v) is 39.6. The highest BCUT2D eigenvalue weighted by atomic mass is 16.5. The molecule has 68 heavy (non-hydrogen) atoms. The molecule has 1 aliphatic rings. The third-order valence-corrected chi connectivity index (χ3v) is 11.7. The van der Waals surface area contributed by atoms with E-state index in [0.29, 0.717) is 66.4 Å². The van der Waals surface area contributed by atoms with Gasteiger partial charge in [-0.25, -0.2) is 9.78 Å². The summed E-state index contributed by atoms with van der Waals surface area (Å²) in [5, 5.41) is 18.8. The van der Waals surface area contributed by atoms with Gasteiger partial charge in [-0.1, -0.05) is 57.9 Å². The van der Waals surface area contributed by atoms with Crippen LogP contribution in [0.25, 0.3) is 11.0 Å². The maximum atomic E-state index is 13.7. The molecule has 0 aliphatic heterocycles. The second kappa shape index (κ2) is 26.1. The molecule has 370 valence electrons. The number of amides is 5. The second-order valence-electron chi connectivity index (χ2n) is 17.4. The van der Waals surface area contributed by atoms with Crippen LogP contribution in [0.4, 0.5) is 22.2 Å². The summed E-state index contributed by atoms with van der Waals surface area (Å²) in [5.74, 6) is -0.914. The van der Waals surface area contributed by atoms with E-state index in [4.69, 9.17) is 42.2 Å². The molecule has 2 heterocycles. The van der Waals surface area contributed by atoms with E-state index in [0.717, 1.165) is 43.2 Å². The minimum atomic E-state index is -1.01. The van der Waals surface area contributed by atoms with Crippen LogP contribution in [0.1, 0.15) is 88.8 Å². The number of carbonyl (C=O) groups excluding carboxylic acids is 5. The smallest absolute Gasteiger partial charge is 0.312 e. The Morgan fingerprint density at radius 3 is 2.37 bits per heavy atom. The molecule has 0 radical (unpaired) electrons. The lowest BCUT2D eigenvalue weighted by Crippen LogP contribution is -2.54. The molecule has 0 saturated heterocycles. The first-order valence-corrected chi connectivity index (χ1v) is 23.3. The number of carbonyl (C=O) groups is 5. The van der Waals surface area contributed by atoms with Crippen LogP contribution in [0.2, 0.25) is 0 Å². The lowest BCUT2D eigenvalue weighted by molar-refractivity contribution is -0.153. The van der Waals surface area contributed by atoms with Crippen molar-refractivity contribution in [1.29, 1.82) is 0 Å². The van der Waals surface area contributed by atoms with Crippen molar-refractivity contribution in [3.63, 3.8) is 0 Å². The largest absolute Gasteiger partial charge is 0.496 e. The minimum Gasteiger partial charge on any atom is -0.496 e. The molecule has 5 rings (SSSR count). The van der Waals surface area contributed by atoms with Crippen molar-refractivity contribution in [2.75, 3.05) is 49.8 Å². The minimum absolute atomic E-state index is 0.0293. The number of rotatable bonds is 28. The maximum Gasteiger partial charge on any atom is 0.312 e. The van der Waals surface area contributed by atoms with Crippen LogP contribution >= 0.6 is 0 Å². The van der Waals surface area contributed by atoms with E-state index in [2.05, 4.69) is 43.5 Å². The number of methoxy groups -OCH3 is 1. The van der Waals surface area contributed by atoms with Crippen molar-refractivity contribution in [2.24, 2.45) is 35.0 Å². The van der Waals surface area contributed by atoms with Crippen molar-refractivity contribution in [2.45, 2.75) is 110 Å². The number of nitrogens with zero attached hydrogens (tertiary/aromatic N) is 4. The van der Waals surface area contributed by atoms with E-state index in [-0.39, 0.29) is 74.3 Å². The topological polar surface area (TPSA) is 321 Å². The molecule has 5 amide bonds. The molecule has 2 aromatic heterocycles. The average Bonchev–Trinajstić information content (AvgIpc) is 3.69. The Kier molecular flexibility index (Phi) is 20.1. The van der Waals surface area contributed by atoms with E-state index in [1.165, 1.54) is 0 Å². The van der Waals surface area contributed by atoms with Crippen LogP contribution in [0.5, 0.6) is 5.75 Å². The molecule has 21 heteroatoms. The molecule has 1 fully saturated rings. The fraction of sp³-hybridized carbons (Fsp3) is 0.532. The Bertz CT molecular complexity index is 2300. The van der Waals surface area contributed by atoms with Gasteiger partial charge in [0.15, 0.2) is 11.3 Å². The summed E-state index contributed by atoms with van der Waals surface area (Å²) in [6.07, 6.45) is 7.08. The second-order valence-corrected chi connectivity index (χ2v) is 17.4. The van der Waals surface area contributed by atoms with E-state index in [9.17, 15) is 24.0 Å². The van der Waals surface area contributed by atoms with Crippen molar-refractivity contribution in [3.05, 3.63) is 65.4 Å². The van der Waals surface area contributed by atoms with Crippen molar-refractivity contribution in [3.8, 4) is 5.75 Å². The number of nitrogens with one attached hydrogen (secondary N) is 5. The number of hydrogen-bond donors (Lipinski definition) is 9. The van der Waals surface area contributed by atoms with Crippen LogP contribution in [-0.4, -0.2) is 101 Å². The predicted molar refractivity (Wildman–Crippen MR) is 258 cm³/mol. The number of fused-ring (bicyclic) bond motifs is 1. The lowest BCUT2D eigenvalue weighted by Gasteiger charge is -2.32. The molecule has 1 aliphatic carbocycles. The van der Waals surface area contributed by atoms with Gasteiger partial charge in [0.2, 0.25) is 23.7 Å². The summed E-state index contributed by atoms with van der Waals surface area (Å²) in [4.78, 5) is 73.4. The highest BCUT2D eigenvalue weighted by Gasteiger charge is 2.34. The SMILES string of the molecule is CCCC(N)Nc1nc(N)nc2cn(Cc3ccc(CC(C(=O)OCc4ccc(NC(=O)[C@H](CCCNC(N)=O)NC(=O)[C@H](NC(=O)CCOCCN)C(C)C)cc4)C4CCC4)cc3OC)nc12. The standard InChI is InChI=1S/C47H69N13O8/c1-5-8-38(49)56-42-41-36(55-46(50)58-42)26-60(59-41)25-32-15-12-30(24-37(32)66-4)23-34(31-9-6-10-31)45(64)68-27-29-13-16-33(17-14-29)53-43(62)35(11-7-20-52-47(51)65)54-44(63)40(28(2)3)57-39(61)18-21-67-22-19-48/h12-17,24,26,28,31,34-35,38,40H,5-11,18-23,25,27,48-49H2,1-4H3,(H,53,62)(H,54,63)(H,57,61)(H3,51,52,65)(H3,50,55,56,58)/t34?,35-,38?,40+/m0/s1. The highest BCUT2D eigenvalue weighted by molar-refractivity contribution is 5.98. The van der Waals surface area contributed by atoms with Crippen molar-refractivity contribution in [1.82, 2.24) is 35.7 Å². The Labute approximate surface area is 396 Å². The normalized spacial score (nSPS) is 14.3. The van der Waals surface area contributed by atoms with Crippen LogP contribution in [-0.2, 0) is 48.2 Å². The maximum absolute atomic E-state index is 13.7. The van der Waals surface area contributed by atoms with Gasteiger partial charge in [-0.05, 0) is 79.7 Å². The van der Waals surface area contributed by atoms with E-state index >= 15 is 0 Å². The molecule has 4 atom stereocenters. The van der Waals surface area contributed by atoms with Gasteiger partial charge in [0.1, 0.15) is 30.0 Å². The number of primary amides is 1. The summed E-state index contributed by atoms with van der Waals surface area (Å²) in [7, 11) is 1.61. The molecule has 4 aromatic rings. The molecule has 13 N–H and O–H groups in total. The number of benzene rings is 2. The van der Waals surface area contributed by atoms with Gasteiger partial charge in [0.05, 0.1) is 45.1 Å². The van der Waals surface area contributed by atoms with Gasteiger partial charge in [0.25, 0.3) is 0 Å². The van der Waals surface area contributed by atoms with Crippen LogP contribution in [0.15, 0.2) is 48.7 Å². The Hall–Kier alpha value is -6.58. The molecule has 2 unspecified atom stereocenters. The van der Waals surface area contributed by atoms with Crippen LogP contribution in [0.3, 0.4) is 0 Å². The van der Waals surface area contributed by atoms with Gasteiger partial charge in [-0.15, -0.1) is 0 Å². The molecule has 2 aromatic carbocycles. The predicted octanol–water partition coefficient (Wildman–Crippen LogP) is 3.04. The van der Waals surface area contributed by atoms with Crippen molar-refractivity contribution >= 4 is 58.2 Å². The van der Waals surface area contributed by atoms with E-state index < -0.39 is 29.9 Å². The third-order valence-electron chi connectivity index (χ3n) is 11.7. The average molecular weight is 944 g/mol. The Morgan fingerprint density at radius 1 is 0.956 bits per heavy atom. The fourth-order valence-electron chi connectivity index (χ4n) is 7.83. The lowest BCUT2D eigenvalue weighted by atomic mass is 9.73. The first-order valence-electron chi connectivity index (χ1n) is 23.3. The first kappa shape index (κ1) is 52.4. The molecule has 0 bridgehead atoms. The van der Waals surface area contributed by atoms with E-state index in [1.54, 1.807) is 56.1 Å². The van der Waals surface area contributed by atoms with Crippen molar-refractivity contribution < 1.29 is 38.2 Å². The highest BCUT2D eigenvalue weighted by Crippen LogP contribution is 2.37.